The number of benzene rings is 6. The van der Waals surface area contributed by atoms with Crippen molar-refractivity contribution >= 4 is 60.4 Å². The molecule has 0 saturated heterocycles. The van der Waals surface area contributed by atoms with Gasteiger partial charge in [0.2, 0.25) is 12.2 Å². The molecule has 0 aliphatic carbocycles. The first-order valence-electron chi connectivity index (χ1n) is 20.9. The van der Waals surface area contributed by atoms with Crippen molar-refractivity contribution in [2.24, 2.45) is 21.5 Å². The first-order valence-corrected chi connectivity index (χ1v) is 20.9. The molecule has 2 aliphatic rings. The van der Waals surface area contributed by atoms with Gasteiger partial charge in [-0.25, -0.2) is 28.0 Å². The minimum atomic E-state index is -2.22. The number of rotatable bonds is 9. The van der Waals surface area contributed by atoms with E-state index in [9.17, 15) is 47.8 Å². The van der Waals surface area contributed by atoms with E-state index < -0.39 is 60.1 Å². The lowest BCUT2D eigenvalue weighted by Crippen LogP contribution is -2.45. The first kappa shape index (κ1) is 52.0. The summed E-state index contributed by atoms with van der Waals surface area (Å²) in [5.74, 6) is -6.96. The first-order chi connectivity index (χ1) is 32.5. The van der Waals surface area contributed by atoms with Crippen LogP contribution in [0.3, 0.4) is 0 Å². The number of hydrogen-bond acceptors (Lipinski definition) is 12. The van der Waals surface area contributed by atoms with E-state index in [-0.39, 0.29) is 49.0 Å². The van der Waals surface area contributed by atoms with Gasteiger partial charge in [-0.15, -0.1) is 0 Å². The van der Waals surface area contributed by atoms with Crippen LogP contribution in [0.1, 0.15) is 65.2 Å². The largest absolute Gasteiger partial charge is 0.478 e. The van der Waals surface area contributed by atoms with Gasteiger partial charge in [0.15, 0.2) is 23.9 Å². The van der Waals surface area contributed by atoms with Gasteiger partial charge in [0.1, 0.15) is 11.6 Å². The molecule has 0 radical (unpaired) electrons. The number of carbonyl (C=O) groups is 6. The van der Waals surface area contributed by atoms with Crippen LogP contribution in [0.4, 0.5) is 8.78 Å². The summed E-state index contributed by atoms with van der Waals surface area (Å²) in [6.07, 6.45) is -6.39. The number of esters is 2. The third-order valence-electron chi connectivity index (χ3n) is 10.5. The summed E-state index contributed by atoms with van der Waals surface area (Å²) >= 11 is 0. The predicted octanol–water partition coefficient (Wildman–Crippen LogP) is 6.48. The highest BCUT2D eigenvalue weighted by molar-refractivity contribution is 7.59. The zero-order valence-corrected chi connectivity index (χ0v) is 38.0. The fraction of sp³-hybridized carbons (Fsp3) is 0.154. The molecule has 6 N–H and O–H groups in total. The number of ketones is 2. The average Bonchev–Trinajstić information content (AvgIpc) is 3.55. The molecule has 0 fully saturated rings. The van der Waals surface area contributed by atoms with Crippen molar-refractivity contribution in [2.45, 2.75) is 51.2 Å². The van der Waals surface area contributed by atoms with Gasteiger partial charge in [0.05, 0.1) is 22.6 Å². The molecule has 6 aromatic carbocycles. The molecule has 0 spiro atoms. The molecule has 8 rings (SSSR count). The van der Waals surface area contributed by atoms with Crippen LogP contribution in [-0.2, 0) is 41.5 Å². The van der Waals surface area contributed by atoms with E-state index in [1.807, 2.05) is 60.7 Å². The van der Waals surface area contributed by atoms with Crippen LogP contribution in [0.2, 0.25) is 0 Å². The van der Waals surface area contributed by atoms with E-state index in [4.69, 9.17) is 20.9 Å². The van der Waals surface area contributed by atoms with Gasteiger partial charge in [-0.2, -0.15) is 13.5 Å². The number of aryl methyl sites for hydroxylation is 2. The lowest BCUT2D eigenvalue weighted by molar-refractivity contribution is -0.166. The number of aliphatic imine (C=N–C) groups is 2. The van der Waals surface area contributed by atoms with Gasteiger partial charge < -0.3 is 31.2 Å². The molecule has 0 aromatic heterocycles. The molecule has 0 saturated carbocycles. The Bertz CT molecular complexity index is 2720. The minimum Gasteiger partial charge on any atom is -0.478 e. The molecule has 354 valence electrons. The Hall–Kier alpha value is -7.99. The van der Waals surface area contributed by atoms with E-state index in [0.29, 0.717) is 33.7 Å². The third kappa shape index (κ3) is 13.1. The smallest absolute Gasteiger partial charge is 0.349 e. The van der Waals surface area contributed by atoms with Crippen LogP contribution < -0.4 is 11.5 Å². The molecular weight excluding hydrogens is 911 g/mol. The fourth-order valence-corrected chi connectivity index (χ4v) is 6.92. The Labute approximate surface area is 401 Å². The topological polar surface area (TPSA) is 238 Å². The molecule has 0 amide bonds. The molecule has 0 bridgehead atoms. The highest BCUT2D eigenvalue weighted by atomic mass is 32.1. The SMILES string of the molecule is Cc1ccc(C(=O)O[C@H](C(=O)O)[C@H](OC(=O)c2ccc(C)cc2)C(=O)O)cc1.NC1N=C(c2ccccc2)c2cccc(F)c2CC1=O.N[C@H]1N=C(c2ccccc2)c2cccc(F)c2CC1=O.S. The highest BCUT2D eigenvalue weighted by Gasteiger charge is 2.41. The number of fused-ring (bicyclic) bond motifs is 2. The molecule has 1 unspecified atom stereocenters. The Balaban J connectivity index is 0.000000195. The van der Waals surface area contributed by atoms with E-state index in [2.05, 4.69) is 9.98 Å². The van der Waals surface area contributed by atoms with E-state index in [1.165, 1.54) is 36.4 Å². The number of Topliss-reactive ketones (excluding diaryl/α,β-unsaturated/α-hetero) is 2. The van der Waals surface area contributed by atoms with Crippen molar-refractivity contribution in [2.75, 3.05) is 0 Å². The fourth-order valence-electron chi connectivity index (χ4n) is 6.92. The Morgan fingerprint density at radius 2 is 0.870 bits per heavy atom. The minimum absolute atomic E-state index is 0. The summed E-state index contributed by atoms with van der Waals surface area (Å²) in [5, 5.41) is 18.6. The molecule has 69 heavy (non-hydrogen) atoms. The predicted molar refractivity (Wildman–Crippen MR) is 257 cm³/mol. The Morgan fingerprint density at radius 1 is 0.536 bits per heavy atom. The van der Waals surface area contributed by atoms with Gasteiger partial charge >= 0.3 is 23.9 Å². The maximum absolute atomic E-state index is 14.0. The summed E-state index contributed by atoms with van der Waals surface area (Å²) in [6.45, 7) is 3.58. The molecule has 14 nitrogen and oxygen atoms in total. The molecule has 4 atom stereocenters. The Morgan fingerprint density at radius 3 is 1.19 bits per heavy atom. The van der Waals surface area contributed by atoms with E-state index >= 15 is 0 Å². The number of halogens is 2. The van der Waals surface area contributed by atoms with Crippen molar-refractivity contribution in [1.82, 2.24) is 0 Å². The highest BCUT2D eigenvalue weighted by Crippen LogP contribution is 2.25. The zero-order chi connectivity index (χ0) is 49.1. The van der Waals surface area contributed by atoms with Crippen LogP contribution in [0.25, 0.3) is 0 Å². The summed E-state index contributed by atoms with van der Waals surface area (Å²) in [6, 6.07) is 40.3. The lowest BCUT2D eigenvalue weighted by Gasteiger charge is -2.21. The molecular formula is C52H46F2N4O10S. The van der Waals surface area contributed by atoms with Crippen molar-refractivity contribution in [1.29, 1.82) is 0 Å². The van der Waals surface area contributed by atoms with Crippen LogP contribution in [0, 0.1) is 25.5 Å². The maximum atomic E-state index is 14.0. The van der Waals surface area contributed by atoms with Gasteiger partial charge in [0, 0.05) is 46.2 Å². The quantitative estimate of drug-likeness (QED) is 0.114. The van der Waals surface area contributed by atoms with Crippen LogP contribution in [-0.4, -0.2) is 81.6 Å². The number of carboxylic acids is 2. The maximum Gasteiger partial charge on any atom is 0.349 e. The number of carboxylic acid groups (broad SMARTS) is 2. The van der Waals surface area contributed by atoms with E-state index in [0.717, 1.165) is 22.3 Å². The number of nitrogens with zero attached hydrogens (tertiary/aromatic N) is 2. The number of carbonyl (C=O) groups excluding carboxylic acids is 4. The van der Waals surface area contributed by atoms with Crippen LogP contribution in [0.5, 0.6) is 0 Å². The normalized spacial score (nSPS) is 15.6. The standard InChI is InChI=1S/C20H18O8.2C16H13FN2O.H2S/c1-11-3-7-13(8-4-11)19(25)27-15(17(21)22)16(18(23)24)28-20(26)14-9-5-12(2)6-10-14;2*17-13-8-4-7-11-12(13)9-14(20)16(18)19-15(11)10-5-2-1-3-6-10;/h3-10,15-16H,1-2H3,(H,21,22)(H,23,24);2*1-8,16H,9,18H2;1H2/t15-,16-;16-;;/m00../s1. The number of aliphatic carboxylic acids is 2. The van der Waals surface area contributed by atoms with Gasteiger partial charge in [0.25, 0.3) is 0 Å². The van der Waals surface area contributed by atoms with E-state index in [1.54, 1.807) is 62.4 Å². The molecule has 2 aliphatic heterocycles. The van der Waals surface area contributed by atoms with Gasteiger partial charge in [-0.3, -0.25) is 19.6 Å². The second-order valence-corrected chi connectivity index (χ2v) is 15.5. The van der Waals surface area contributed by atoms with Crippen molar-refractivity contribution in [3.8, 4) is 0 Å². The zero-order valence-electron chi connectivity index (χ0n) is 37.0. The number of hydrogen-bond donors (Lipinski definition) is 4. The second kappa shape index (κ2) is 23.6. The summed E-state index contributed by atoms with van der Waals surface area (Å²) in [5.41, 5.74) is 18.1. The van der Waals surface area contributed by atoms with Crippen molar-refractivity contribution in [3.05, 3.63) is 213 Å². The number of ether oxygens (including phenoxy) is 2. The summed E-state index contributed by atoms with van der Waals surface area (Å²) < 4.78 is 37.6. The number of nitrogens with two attached hydrogens (primary N) is 2. The molecule has 17 heteroatoms. The van der Waals surface area contributed by atoms with Crippen molar-refractivity contribution < 1.29 is 57.2 Å². The Kier molecular flexibility index (Phi) is 17.8. The lowest BCUT2D eigenvalue weighted by atomic mass is 9.95. The second-order valence-electron chi connectivity index (χ2n) is 15.5. The van der Waals surface area contributed by atoms with Gasteiger partial charge in [-0.1, -0.05) is 120 Å². The van der Waals surface area contributed by atoms with Crippen LogP contribution >= 0.6 is 13.5 Å². The summed E-state index contributed by atoms with van der Waals surface area (Å²) in [7, 11) is 0. The van der Waals surface area contributed by atoms with Crippen molar-refractivity contribution in [3.63, 3.8) is 0 Å². The third-order valence-corrected chi connectivity index (χ3v) is 10.5. The van der Waals surface area contributed by atoms with Gasteiger partial charge in [-0.05, 0) is 50.2 Å². The van der Waals surface area contributed by atoms with Crippen LogP contribution in [0.15, 0.2) is 156 Å². The molecule has 2 heterocycles. The monoisotopic (exact) mass is 956 g/mol. The molecule has 6 aromatic rings. The summed E-state index contributed by atoms with van der Waals surface area (Å²) in [4.78, 5) is 79.7. The average molecular weight is 957 g/mol.